The van der Waals surface area contributed by atoms with E-state index in [-0.39, 0.29) is 36.5 Å². The molecule has 0 radical (unpaired) electrons. The molecule has 0 aliphatic carbocycles. The molecular weight excluding hydrogens is 252 g/mol. The Morgan fingerprint density at radius 2 is 2.06 bits per heavy atom. The van der Waals surface area contributed by atoms with Crippen LogP contribution < -0.4 is 10.6 Å². The van der Waals surface area contributed by atoms with E-state index in [0.717, 1.165) is 18.8 Å². The van der Waals surface area contributed by atoms with Crippen molar-refractivity contribution in [2.45, 2.75) is 64.6 Å². The second-order valence-corrected chi connectivity index (χ2v) is 5.58. The minimum Gasteiger partial charge on any atom is -0.392 e. The Bertz CT molecular complexity index is 249. The maximum Gasteiger partial charge on any atom is 0.237 e. The molecule has 18 heavy (non-hydrogen) atoms. The van der Waals surface area contributed by atoms with E-state index in [9.17, 15) is 9.90 Å². The van der Waals surface area contributed by atoms with E-state index >= 15 is 0 Å². The van der Waals surface area contributed by atoms with Crippen molar-refractivity contribution in [1.29, 1.82) is 0 Å². The maximum atomic E-state index is 11.8. The first kappa shape index (κ1) is 17.7. The third kappa shape index (κ3) is 6.57. The number of carbonyl (C=O) groups is 1. The molecule has 1 fully saturated rings. The summed E-state index contributed by atoms with van der Waals surface area (Å²) in [7, 11) is 0. The zero-order valence-corrected chi connectivity index (χ0v) is 12.4. The van der Waals surface area contributed by atoms with E-state index in [4.69, 9.17) is 0 Å². The normalized spacial score (nSPS) is 24.7. The predicted molar refractivity (Wildman–Crippen MR) is 76.0 cm³/mol. The first-order valence-electron chi connectivity index (χ1n) is 6.71. The van der Waals surface area contributed by atoms with Crippen LogP contribution in [-0.4, -0.2) is 35.7 Å². The molecule has 0 spiro atoms. The van der Waals surface area contributed by atoms with E-state index in [1.54, 1.807) is 0 Å². The Kier molecular flexibility index (Phi) is 8.57. The van der Waals surface area contributed by atoms with Crippen LogP contribution in [0.25, 0.3) is 0 Å². The first-order valence-corrected chi connectivity index (χ1v) is 6.71. The molecule has 0 saturated carbocycles. The summed E-state index contributed by atoms with van der Waals surface area (Å²) in [4.78, 5) is 11.8. The minimum atomic E-state index is -0.373. The molecule has 3 atom stereocenters. The largest absolute Gasteiger partial charge is 0.392 e. The van der Waals surface area contributed by atoms with E-state index in [0.29, 0.717) is 13.0 Å². The first-order chi connectivity index (χ1) is 7.99. The van der Waals surface area contributed by atoms with Gasteiger partial charge in [0, 0.05) is 12.6 Å². The van der Waals surface area contributed by atoms with Crippen molar-refractivity contribution in [3.05, 3.63) is 0 Å². The SMILES string of the molecule is CC(C)CCCC(C)NC(=O)C1CC(O)CN1.Cl. The van der Waals surface area contributed by atoms with Crippen LogP contribution in [0.1, 0.15) is 46.5 Å². The quantitative estimate of drug-likeness (QED) is 0.689. The topological polar surface area (TPSA) is 61.4 Å². The van der Waals surface area contributed by atoms with Crippen molar-refractivity contribution in [2.24, 2.45) is 5.92 Å². The van der Waals surface area contributed by atoms with Crippen LogP contribution in [0.2, 0.25) is 0 Å². The molecular formula is C13H27ClN2O2. The molecule has 0 aromatic rings. The molecule has 5 heteroatoms. The van der Waals surface area contributed by atoms with E-state index < -0.39 is 0 Å². The molecule has 1 saturated heterocycles. The molecule has 0 aromatic heterocycles. The van der Waals surface area contributed by atoms with Gasteiger partial charge in [-0.15, -0.1) is 12.4 Å². The van der Waals surface area contributed by atoms with Crippen molar-refractivity contribution >= 4 is 18.3 Å². The fourth-order valence-electron chi connectivity index (χ4n) is 2.16. The number of rotatable bonds is 6. The molecule has 3 unspecified atom stereocenters. The molecule has 108 valence electrons. The number of hydrogen-bond donors (Lipinski definition) is 3. The van der Waals surface area contributed by atoms with Gasteiger partial charge in [-0.3, -0.25) is 4.79 Å². The van der Waals surface area contributed by atoms with Crippen LogP contribution in [0.3, 0.4) is 0 Å². The number of amides is 1. The lowest BCUT2D eigenvalue weighted by Gasteiger charge is -2.17. The number of aliphatic hydroxyl groups is 1. The van der Waals surface area contributed by atoms with Gasteiger partial charge in [0.2, 0.25) is 5.91 Å². The Balaban J connectivity index is 0.00000289. The number of nitrogens with one attached hydrogen (secondary N) is 2. The monoisotopic (exact) mass is 278 g/mol. The summed E-state index contributed by atoms with van der Waals surface area (Å²) in [6.07, 6.45) is 3.55. The summed E-state index contributed by atoms with van der Waals surface area (Å²) in [6.45, 7) is 7.00. The van der Waals surface area contributed by atoms with E-state index in [1.807, 2.05) is 6.92 Å². The second kappa shape index (κ2) is 8.73. The summed E-state index contributed by atoms with van der Waals surface area (Å²) < 4.78 is 0. The summed E-state index contributed by atoms with van der Waals surface area (Å²) in [5, 5.41) is 15.4. The highest BCUT2D eigenvalue weighted by Gasteiger charge is 2.28. The highest BCUT2D eigenvalue weighted by atomic mass is 35.5. The Labute approximate surface area is 116 Å². The average molecular weight is 279 g/mol. The van der Waals surface area contributed by atoms with Gasteiger partial charge in [0.1, 0.15) is 0 Å². The summed E-state index contributed by atoms with van der Waals surface area (Å²) in [5.74, 6) is 0.753. The zero-order chi connectivity index (χ0) is 12.8. The number of β-amino-alcohol motifs (C(OH)–C–C–N with tert-alkyl or cyclic N) is 1. The Morgan fingerprint density at radius 1 is 1.39 bits per heavy atom. The van der Waals surface area contributed by atoms with Crippen molar-refractivity contribution < 1.29 is 9.90 Å². The van der Waals surface area contributed by atoms with Gasteiger partial charge in [0.05, 0.1) is 12.1 Å². The van der Waals surface area contributed by atoms with E-state index in [2.05, 4.69) is 24.5 Å². The van der Waals surface area contributed by atoms with E-state index in [1.165, 1.54) is 6.42 Å². The van der Waals surface area contributed by atoms with Gasteiger partial charge in [0.15, 0.2) is 0 Å². The van der Waals surface area contributed by atoms with Gasteiger partial charge < -0.3 is 15.7 Å². The van der Waals surface area contributed by atoms with Crippen molar-refractivity contribution in [1.82, 2.24) is 10.6 Å². The number of halogens is 1. The molecule has 1 heterocycles. The van der Waals surface area contributed by atoms with Crippen LogP contribution in [0, 0.1) is 5.92 Å². The molecule has 1 amide bonds. The molecule has 3 N–H and O–H groups in total. The summed E-state index contributed by atoms with van der Waals surface area (Å²) in [5.41, 5.74) is 0. The smallest absolute Gasteiger partial charge is 0.237 e. The van der Waals surface area contributed by atoms with Gasteiger partial charge in [-0.2, -0.15) is 0 Å². The third-order valence-electron chi connectivity index (χ3n) is 3.23. The molecule has 0 aromatic carbocycles. The second-order valence-electron chi connectivity index (χ2n) is 5.58. The van der Waals surface area contributed by atoms with Gasteiger partial charge >= 0.3 is 0 Å². The van der Waals surface area contributed by atoms with Crippen LogP contribution in [0.4, 0.5) is 0 Å². The zero-order valence-electron chi connectivity index (χ0n) is 11.6. The molecule has 1 rings (SSSR count). The average Bonchev–Trinajstić information content (AvgIpc) is 2.64. The van der Waals surface area contributed by atoms with Crippen LogP contribution in [0.5, 0.6) is 0 Å². The van der Waals surface area contributed by atoms with Crippen molar-refractivity contribution in [2.75, 3.05) is 6.54 Å². The number of hydrogen-bond acceptors (Lipinski definition) is 3. The van der Waals surface area contributed by atoms with Crippen LogP contribution in [-0.2, 0) is 4.79 Å². The van der Waals surface area contributed by atoms with Crippen molar-refractivity contribution in [3.63, 3.8) is 0 Å². The van der Waals surface area contributed by atoms with Gasteiger partial charge in [-0.1, -0.05) is 26.7 Å². The van der Waals surface area contributed by atoms with Crippen LogP contribution >= 0.6 is 12.4 Å². The highest BCUT2D eigenvalue weighted by Crippen LogP contribution is 2.10. The maximum absolute atomic E-state index is 11.8. The predicted octanol–water partition coefficient (Wildman–Crippen LogP) is 1.46. The molecule has 1 aliphatic heterocycles. The Hall–Kier alpha value is -0.320. The lowest BCUT2D eigenvalue weighted by atomic mass is 10.0. The fourth-order valence-corrected chi connectivity index (χ4v) is 2.16. The van der Waals surface area contributed by atoms with Crippen molar-refractivity contribution in [3.8, 4) is 0 Å². The lowest BCUT2D eigenvalue weighted by Crippen LogP contribution is -2.44. The molecule has 1 aliphatic rings. The molecule has 4 nitrogen and oxygen atoms in total. The summed E-state index contributed by atoms with van der Waals surface area (Å²) in [6, 6.07) is 0.0124. The number of carbonyl (C=O) groups excluding carboxylic acids is 1. The minimum absolute atomic E-state index is 0. The standard InChI is InChI=1S/C13H26N2O2.ClH/c1-9(2)5-4-6-10(3)15-13(17)12-7-11(16)8-14-12;/h9-12,14,16H,4-8H2,1-3H3,(H,15,17);1H. The van der Waals surface area contributed by atoms with Gasteiger partial charge in [0.25, 0.3) is 0 Å². The fraction of sp³-hybridized carbons (Fsp3) is 0.923. The Morgan fingerprint density at radius 3 is 2.56 bits per heavy atom. The van der Waals surface area contributed by atoms with Gasteiger partial charge in [-0.25, -0.2) is 0 Å². The number of aliphatic hydroxyl groups excluding tert-OH is 1. The molecule has 0 bridgehead atoms. The lowest BCUT2D eigenvalue weighted by molar-refractivity contribution is -0.123. The van der Waals surface area contributed by atoms with Gasteiger partial charge in [-0.05, 0) is 25.7 Å². The summed E-state index contributed by atoms with van der Waals surface area (Å²) >= 11 is 0. The third-order valence-corrected chi connectivity index (χ3v) is 3.23. The highest BCUT2D eigenvalue weighted by molar-refractivity contribution is 5.85. The van der Waals surface area contributed by atoms with Crippen LogP contribution in [0.15, 0.2) is 0 Å².